The van der Waals surface area contributed by atoms with Crippen molar-refractivity contribution in [2.45, 2.75) is 0 Å². The zero-order valence-corrected chi connectivity index (χ0v) is 35.1. The SMILES string of the molecule is c1ccc(-c2ccccc2-c2c(-c3ccccc3)cccc2N(c2ccc(-c3ccc4c(c3)c3ccccc3n4-c3ccccc3)cc2)c2ccc3c(ccc4ccccc43)c2)cc1. The van der Waals surface area contributed by atoms with Gasteiger partial charge in [0.05, 0.1) is 16.7 Å². The molecule has 12 rings (SSSR count). The predicted octanol–water partition coefficient (Wildman–Crippen LogP) is 17.2. The Bertz CT molecular complexity index is 3640. The Morgan fingerprint density at radius 2 is 0.844 bits per heavy atom. The standard InChI is InChI=1S/C62H42N2/c1-4-17-44(18-5-1)53-25-12-13-27-57(53)62-55(45-19-6-2-7-20-45)28-16-30-61(62)63(51-38-39-54-48(41-51)32-31-46-21-10-11-24-52(46)54)50-36-33-43(34-37-50)47-35-40-60-58(42-47)56-26-14-15-29-59(56)64(60)49-22-8-3-9-23-49/h1-42H. The summed E-state index contributed by atoms with van der Waals surface area (Å²) >= 11 is 0. The number of fused-ring (bicyclic) bond motifs is 6. The topological polar surface area (TPSA) is 8.17 Å². The van der Waals surface area contributed by atoms with Crippen LogP contribution in [0.3, 0.4) is 0 Å². The molecule has 300 valence electrons. The number of nitrogens with zero attached hydrogens (tertiary/aromatic N) is 2. The van der Waals surface area contributed by atoms with E-state index < -0.39 is 0 Å². The molecule has 0 saturated carbocycles. The van der Waals surface area contributed by atoms with E-state index in [1.165, 1.54) is 87.9 Å². The first-order valence-corrected chi connectivity index (χ1v) is 22.0. The lowest BCUT2D eigenvalue weighted by Crippen LogP contribution is -2.12. The molecular formula is C62H42N2. The minimum atomic E-state index is 1.08. The fourth-order valence-electron chi connectivity index (χ4n) is 9.82. The van der Waals surface area contributed by atoms with E-state index in [0.29, 0.717) is 0 Å². The molecule has 0 spiro atoms. The van der Waals surface area contributed by atoms with Crippen LogP contribution in [0.25, 0.3) is 93.5 Å². The van der Waals surface area contributed by atoms with Gasteiger partial charge in [0, 0.05) is 33.4 Å². The molecule has 2 heteroatoms. The minimum Gasteiger partial charge on any atom is -0.310 e. The van der Waals surface area contributed by atoms with Crippen molar-refractivity contribution >= 4 is 60.4 Å². The van der Waals surface area contributed by atoms with E-state index in [1.54, 1.807) is 0 Å². The van der Waals surface area contributed by atoms with Crippen molar-refractivity contribution < 1.29 is 0 Å². The molecule has 64 heavy (non-hydrogen) atoms. The van der Waals surface area contributed by atoms with E-state index in [0.717, 1.165) is 22.7 Å². The summed E-state index contributed by atoms with van der Waals surface area (Å²) in [6.07, 6.45) is 0. The van der Waals surface area contributed by atoms with Gasteiger partial charge in [-0.15, -0.1) is 0 Å². The number of para-hydroxylation sites is 2. The van der Waals surface area contributed by atoms with Crippen molar-refractivity contribution in [3.63, 3.8) is 0 Å². The average Bonchev–Trinajstić information content (AvgIpc) is 3.71. The summed E-state index contributed by atoms with van der Waals surface area (Å²) in [7, 11) is 0. The van der Waals surface area contributed by atoms with Crippen LogP contribution < -0.4 is 4.90 Å². The zero-order valence-electron chi connectivity index (χ0n) is 35.1. The molecular weight excluding hydrogens is 773 g/mol. The van der Waals surface area contributed by atoms with E-state index in [-0.39, 0.29) is 0 Å². The van der Waals surface area contributed by atoms with Gasteiger partial charge in [0.15, 0.2) is 0 Å². The summed E-state index contributed by atoms with van der Waals surface area (Å²) in [6, 6.07) is 92.8. The molecule has 12 aromatic rings. The van der Waals surface area contributed by atoms with Gasteiger partial charge in [-0.25, -0.2) is 0 Å². The molecule has 0 aliphatic heterocycles. The first-order chi connectivity index (χ1) is 31.8. The largest absolute Gasteiger partial charge is 0.310 e. The fraction of sp³-hybridized carbons (Fsp3) is 0. The molecule has 0 bridgehead atoms. The number of hydrogen-bond donors (Lipinski definition) is 0. The van der Waals surface area contributed by atoms with Gasteiger partial charge in [-0.1, -0.05) is 194 Å². The van der Waals surface area contributed by atoms with Crippen LogP contribution in [0.2, 0.25) is 0 Å². The maximum Gasteiger partial charge on any atom is 0.0546 e. The van der Waals surface area contributed by atoms with Crippen LogP contribution in [-0.2, 0) is 0 Å². The molecule has 0 N–H and O–H groups in total. The molecule has 0 saturated heterocycles. The van der Waals surface area contributed by atoms with E-state index in [1.807, 2.05) is 0 Å². The van der Waals surface area contributed by atoms with E-state index >= 15 is 0 Å². The molecule has 0 radical (unpaired) electrons. The molecule has 0 amide bonds. The Hall–Kier alpha value is -8.46. The van der Waals surface area contributed by atoms with Gasteiger partial charge < -0.3 is 9.47 Å². The van der Waals surface area contributed by atoms with Crippen LogP contribution in [-0.4, -0.2) is 4.57 Å². The number of anilines is 3. The second-order valence-electron chi connectivity index (χ2n) is 16.5. The number of rotatable bonds is 8. The Morgan fingerprint density at radius 1 is 0.281 bits per heavy atom. The van der Waals surface area contributed by atoms with Crippen LogP contribution in [0.15, 0.2) is 255 Å². The van der Waals surface area contributed by atoms with Crippen molar-refractivity contribution in [1.29, 1.82) is 0 Å². The second-order valence-corrected chi connectivity index (χ2v) is 16.5. The molecule has 0 atom stereocenters. The molecule has 0 fully saturated rings. The minimum absolute atomic E-state index is 1.08. The van der Waals surface area contributed by atoms with Gasteiger partial charge in [-0.3, -0.25) is 0 Å². The highest BCUT2D eigenvalue weighted by Crippen LogP contribution is 2.49. The van der Waals surface area contributed by atoms with Gasteiger partial charge in [-0.2, -0.15) is 0 Å². The van der Waals surface area contributed by atoms with Gasteiger partial charge >= 0.3 is 0 Å². The summed E-state index contributed by atoms with van der Waals surface area (Å²) in [6.45, 7) is 0. The second kappa shape index (κ2) is 15.8. The monoisotopic (exact) mass is 814 g/mol. The van der Waals surface area contributed by atoms with Crippen LogP contribution >= 0.6 is 0 Å². The highest BCUT2D eigenvalue weighted by atomic mass is 15.1. The maximum atomic E-state index is 2.46. The Balaban J connectivity index is 1.06. The summed E-state index contributed by atoms with van der Waals surface area (Å²) in [5.41, 5.74) is 16.3. The third-order valence-corrected chi connectivity index (χ3v) is 12.8. The molecule has 0 aliphatic rings. The smallest absolute Gasteiger partial charge is 0.0546 e. The number of aromatic nitrogens is 1. The Labute approximate surface area is 373 Å². The number of benzene rings is 11. The Morgan fingerprint density at radius 3 is 1.62 bits per heavy atom. The lowest BCUT2D eigenvalue weighted by Gasteiger charge is -2.30. The molecule has 2 nitrogen and oxygen atoms in total. The van der Waals surface area contributed by atoms with Crippen LogP contribution in [0, 0.1) is 0 Å². The third-order valence-electron chi connectivity index (χ3n) is 12.8. The average molecular weight is 815 g/mol. The molecule has 1 heterocycles. The zero-order chi connectivity index (χ0) is 42.4. The van der Waals surface area contributed by atoms with Crippen molar-refractivity contribution in [2.75, 3.05) is 4.90 Å². The third kappa shape index (κ3) is 6.44. The molecule has 1 aromatic heterocycles. The lowest BCUT2D eigenvalue weighted by atomic mass is 9.87. The highest BCUT2D eigenvalue weighted by molar-refractivity contribution is 6.11. The van der Waals surface area contributed by atoms with E-state index in [2.05, 4.69) is 264 Å². The summed E-state index contributed by atoms with van der Waals surface area (Å²) in [4.78, 5) is 2.46. The Kier molecular flexibility index (Phi) is 9.20. The van der Waals surface area contributed by atoms with E-state index in [9.17, 15) is 0 Å². The lowest BCUT2D eigenvalue weighted by molar-refractivity contribution is 1.18. The quantitative estimate of drug-likeness (QED) is 0.139. The van der Waals surface area contributed by atoms with Crippen LogP contribution in [0.4, 0.5) is 17.1 Å². The van der Waals surface area contributed by atoms with Crippen LogP contribution in [0.1, 0.15) is 0 Å². The van der Waals surface area contributed by atoms with Gasteiger partial charge in [-0.05, 0) is 121 Å². The molecule has 0 aliphatic carbocycles. The highest BCUT2D eigenvalue weighted by Gasteiger charge is 2.23. The fourth-order valence-corrected chi connectivity index (χ4v) is 9.82. The van der Waals surface area contributed by atoms with Gasteiger partial charge in [0.25, 0.3) is 0 Å². The van der Waals surface area contributed by atoms with Crippen molar-refractivity contribution in [2.24, 2.45) is 0 Å². The van der Waals surface area contributed by atoms with Crippen molar-refractivity contribution in [3.8, 4) is 50.2 Å². The van der Waals surface area contributed by atoms with Gasteiger partial charge in [0.1, 0.15) is 0 Å². The van der Waals surface area contributed by atoms with Gasteiger partial charge in [0.2, 0.25) is 0 Å². The predicted molar refractivity (Wildman–Crippen MR) is 272 cm³/mol. The summed E-state index contributed by atoms with van der Waals surface area (Å²) < 4.78 is 2.37. The molecule has 0 unspecified atom stereocenters. The van der Waals surface area contributed by atoms with Crippen molar-refractivity contribution in [3.05, 3.63) is 255 Å². The first-order valence-electron chi connectivity index (χ1n) is 22.0. The van der Waals surface area contributed by atoms with Crippen LogP contribution in [0.5, 0.6) is 0 Å². The van der Waals surface area contributed by atoms with Crippen molar-refractivity contribution in [1.82, 2.24) is 4.57 Å². The first kappa shape index (κ1) is 37.3. The number of hydrogen-bond acceptors (Lipinski definition) is 1. The maximum absolute atomic E-state index is 2.46. The molecule has 11 aromatic carbocycles. The summed E-state index contributed by atoms with van der Waals surface area (Å²) in [5, 5.41) is 7.44. The summed E-state index contributed by atoms with van der Waals surface area (Å²) in [5.74, 6) is 0. The normalized spacial score (nSPS) is 11.4. The van der Waals surface area contributed by atoms with E-state index in [4.69, 9.17) is 0 Å².